The molecule has 3 fully saturated rings. The quantitative estimate of drug-likeness (QED) is 0.323. The number of carbonyl (C=O) groups is 2. The molecule has 3 aromatic carbocycles. The largest absolute Gasteiger partial charge is 0.507 e. The summed E-state index contributed by atoms with van der Waals surface area (Å²) < 4.78 is 6.29. The number of fused-ring (bicyclic) bond motifs is 4. The van der Waals surface area contributed by atoms with Gasteiger partial charge in [-0.15, -0.1) is 0 Å². The molecule has 0 unspecified atom stereocenters. The van der Waals surface area contributed by atoms with Crippen LogP contribution in [-0.2, 0) is 14.3 Å². The van der Waals surface area contributed by atoms with Crippen LogP contribution in [0.25, 0.3) is 10.8 Å². The lowest BCUT2D eigenvalue weighted by atomic mass is 9.65. The lowest BCUT2D eigenvalue weighted by Crippen LogP contribution is -2.52. The van der Waals surface area contributed by atoms with Crippen LogP contribution in [0.2, 0.25) is 0 Å². The summed E-state index contributed by atoms with van der Waals surface area (Å²) in [5.41, 5.74) is 0.739. The molecule has 0 spiro atoms. The van der Waals surface area contributed by atoms with E-state index in [1.54, 1.807) is 18.2 Å². The minimum absolute atomic E-state index is 0.140. The maximum Gasteiger partial charge on any atom is 0.271 e. The minimum Gasteiger partial charge on any atom is -0.507 e. The molecular formula is C27H24N2O7. The lowest BCUT2D eigenvalue weighted by molar-refractivity contribution is -0.384. The number of nitrogens with zero attached hydrogens (tertiary/aromatic N) is 2. The van der Waals surface area contributed by atoms with Gasteiger partial charge in [-0.05, 0) is 35.9 Å². The SMILES string of the molecule is C[C@H]1C[C@@H]2C(=O)N(c3cccc([N+](=O)[O-])c3)C(=O)[C@@H]2[C@@H]2C[C@@H](c3ccc(O)c4ccccc34)O[C@]12O. The van der Waals surface area contributed by atoms with Gasteiger partial charge in [0.1, 0.15) is 5.75 Å². The maximum atomic E-state index is 13.7. The number of hydrogen-bond donors (Lipinski definition) is 2. The van der Waals surface area contributed by atoms with Crippen molar-refractivity contribution in [2.45, 2.75) is 31.7 Å². The zero-order chi connectivity index (χ0) is 25.4. The van der Waals surface area contributed by atoms with E-state index in [1.165, 1.54) is 24.3 Å². The van der Waals surface area contributed by atoms with E-state index in [0.29, 0.717) is 11.8 Å². The van der Waals surface area contributed by atoms with Crippen molar-refractivity contribution >= 4 is 34.0 Å². The summed E-state index contributed by atoms with van der Waals surface area (Å²) in [6.07, 6.45) is 0.0383. The number of anilines is 1. The molecule has 0 bridgehead atoms. The number of non-ortho nitro benzene ring substituents is 1. The van der Waals surface area contributed by atoms with Gasteiger partial charge in [0, 0.05) is 29.4 Å². The van der Waals surface area contributed by atoms with Crippen LogP contribution in [0.4, 0.5) is 11.4 Å². The molecule has 1 aliphatic carbocycles. The van der Waals surface area contributed by atoms with Crippen LogP contribution in [0.15, 0.2) is 60.7 Å². The first-order chi connectivity index (χ1) is 17.2. The van der Waals surface area contributed by atoms with E-state index in [1.807, 2.05) is 25.1 Å². The van der Waals surface area contributed by atoms with Gasteiger partial charge in [0.2, 0.25) is 11.8 Å². The number of phenolic OH excluding ortho intramolecular Hbond substituents is 1. The molecule has 0 aromatic heterocycles. The number of benzene rings is 3. The van der Waals surface area contributed by atoms with E-state index in [2.05, 4.69) is 0 Å². The molecule has 6 atom stereocenters. The predicted octanol–water partition coefficient (Wildman–Crippen LogP) is 4.07. The standard InChI is InChI=1S/C27H24N2O7/c1-14-11-20-24(26(32)28(25(20)31)15-5-4-6-16(12-15)29(34)35)21-13-23(36-27(14,21)33)19-9-10-22(30)18-8-3-2-7-17(18)19/h2-10,12,14,20-21,23-24,30,33H,11,13H2,1H3/t14-,20-,21-,23-,24-,27+/m0/s1. The van der Waals surface area contributed by atoms with E-state index in [9.17, 15) is 29.9 Å². The van der Waals surface area contributed by atoms with Crippen LogP contribution in [0, 0.1) is 33.8 Å². The fourth-order valence-electron chi connectivity index (χ4n) is 6.43. The van der Waals surface area contributed by atoms with Crippen LogP contribution in [-0.4, -0.2) is 32.7 Å². The summed E-state index contributed by atoms with van der Waals surface area (Å²) in [4.78, 5) is 38.8. The van der Waals surface area contributed by atoms with Gasteiger partial charge < -0.3 is 14.9 Å². The van der Waals surface area contributed by atoms with Gasteiger partial charge in [-0.2, -0.15) is 0 Å². The van der Waals surface area contributed by atoms with Gasteiger partial charge in [-0.3, -0.25) is 19.7 Å². The molecule has 2 saturated heterocycles. The van der Waals surface area contributed by atoms with E-state index in [-0.39, 0.29) is 23.5 Å². The van der Waals surface area contributed by atoms with Crippen molar-refractivity contribution in [3.8, 4) is 5.75 Å². The number of ether oxygens (including phenoxy) is 1. The summed E-state index contributed by atoms with van der Waals surface area (Å²) in [7, 11) is 0. The van der Waals surface area contributed by atoms with Gasteiger partial charge in [0.25, 0.3) is 5.69 Å². The third-order valence-corrected chi connectivity index (χ3v) is 8.13. The van der Waals surface area contributed by atoms with E-state index < -0.39 is 52.3 Å². The molecule has 184 valence electrons. The van der Waals surface area contributed by atoms with E-state index in [0.717, 1.165) is 15.8 Å². The molecule has 2 aliphatic heterocycles. The fourth-order valence-corrected chi connectivity index (χ4v) is 6.43. The van der Waals surface area contributed by atoms with Crippen LogP contribution < -0.4 is 4.90 Å². The Hall–Kier alpha value is -3.82. The Balaban J connectivity index is 1.39. The average Bonchev–Trinajstić information content (AvgIpc) is 3.34. The highest BCUT2D eigenvalue weighted by Crippen LogP contribution is 2.59. The van der Waals surface area contributed by atoms with Crippen molar-refractivity contribution in [1.82, 2.24) is 0 Å². The van der Waals surface area contributed by atoms with Crippen LogP contribution in [0.1, 0.15) is 31.4 Å². The number of aromatic hydroxyl groups is 1. The first-order valence-electron chi connectivity index (χ1n) is 11.9. The summed E-state index contributed by atoms with van der Waals surface area (Å²) >= 11 is 0. The number of phenols is 1. The molecule has 2 N–H and O–H groups in total. The molecule has 2 amide bonds. The summed E-state index contributed by atoms with van der Waals surface area (Å²) in [6, 6.07) is 16.2. The third-order valence-electron chi connectivity index (χ3n) is 8.13. The summed E-state index contributed by atoms with van der Waals surface area (Å²) in [6.45, 7) is 1.81. The number of nitro benzene ring substituents is 1. The first kappa shape index (κ1) is 22.6. The average molecular weight is 488 g/mol. The van der Waals surface area contributed by atoms with Crippen molar-refractivity contribution in [3.63, 3.8) is 0 Å². The van der Waals surface area contributed by atoms with Crippen molar-refractivity contribution in [3.05, 3.63) is 76.3 Å². The highest BCUT2D eigenvalue weighted by Gasteiger charge is 2.66. The normalized spacial score (nSPS) is 31.5. The monoisotopic (exact) mass is 488 g/mol. The van der Waals surface area contributed by atoms with Crippen molar-refractivity contribution < 1.29 is 29.5 Å². The second-order valence-corrected chi connectivity index (χ2v) is 9.98. The number of imide groups is 1. The summed E-state index contributed by atoms with van der Waals surface area (Å²) in [5.74, 6) is -4.84. The molecule has 3 aromatic rings. The zero-order valence-corrected chi connectivity index (χ0v) is 19.4. The van der Waals surface area contributed by atoms with Crippen LogP contribution in [0.3, 0.4) is 0 Å². The number of aliphatic hydroxyl groups is 1. The zero-order valence-electron chi connectivity index (χ0n) is 19.4. The number of nitro groups is 1. The Morgan fingerprint density at radius 2 is 1.78 bits per heavy atom. The smallest absolute Gasteiger partial charge is 0.271 e. The Morgan fingerprint density at radius 3 is 2.53 bits per heavy atom. The van der Waals surface area contributed by atoms with Crippen LogP contribution in [0.5, 0.6) is 5.75 Å². The Morgan fingerprint density at radius 1 is 1.03 bits per heavy atom. The van der Waals surface area contributed by atoms with Gasteiger partial charge >= 0.3 is 0 Å². The van der Waals surface area contributed by atoms with Crippen molar-refractivity contribution in [1.29, 1.82) is 0 Å². The third kappa shape index (κ3) is 3.09. The van der Waals surface area contributed by atoms with Gasteiger partial charge in [-0.1, -0.05) is 43.3 Å². The van der Waals surface area contributed by atoms with Gasteiger partial charge in [0.15, 0.2) is 5.79 Å². The Labute approximate surface area is 206 Å². The Kier molecular flexibility index (Phi) is 4.93. The van der Waals surface area contributed by atoms with Crippen molar-refractivity contribution in [2.24, 2.45) is 23.7 Å². The van der Waals surface area contributed by atoms with E-state index in [4.69, 9.17) is 4.74 Å². The predicted molar refractivity (Wildman–Crippen MR) is 129 cm³/mol. The lowest BCUT2D eigenvalue weighted by Gasteiger charge is -2.43. The number of rotatable bonds is 3. The second kappa shape index (κ2) is 7.84. The first-order valence-corrected chi connectivity index (χ1v) is 11.9. The van der Waals surface area contributed by atoms with Crippen LogP contribution >= 0.6 is 0 Å². The molecule has 6 rings (SSSR count). The van der Waals surface area contributed by atoms with Gasteiger partial charge in [-0.25, -0.2) is 4.90 Å². The fraction of sp³-hybridized carbons (Fsp3) is 0.333. The van der Waals surface area contributed by atoms with Gasteiger partial charge in [0.05, 0.1) is 28.6 Å². The molecule has 36 heavy (non-hydrogen) atoms. The Bertz CT molecular complexity index is 1440. The number of amides is 2. The number of carbonyl (C=O) groups excluding carboxylic acids is 2. The van der Waals surface area contributed by atoms with E-state index >= 15 is 0 Å². The molecular weight excluding hydrogens is 464 g/mol. The topological polar surface area (TPSA) is 130 Å². The molecule has 9 heteroatoms. The molecule has 1 saturated carbocycles. The molecule has 0 radical (unpaired) electrons. The minimum atomic E-state index is -1.61. The number of hydrogen-bond acceptors (Lipinski definition) is 7. The highest BCUT2D eigenvalue weighted by atomic mass is 16.6. The molecule has 9 nitrogen and oxygen atoms in total. The maximum absolute atomic E-state index is 13.7. The molecule has 3 aliphatic rings. The molecule has 2 heterocycles. The highest BCUT2D eigenvalue weighted by molar-refractivity contribution is 6.22. The summed E-state index contributed by atoms with van der Waals surface area (Å²) in [5, 5.41) is 34.7. The second-order valence-electron chi connectivity index (χ2n) is 9.98. The van der Waals surface area contributed by atoms with Crippen molar-refractivity contribution in [2.75, 3.05) is 4.90 Å².